The molecule has 0 radical (unpaired) electrons. The number of hydrogen-bond acceptors (Lipinski definition) is 13. The van der Waals surface area contributed by atoms with Crippen LogP contribution in [-0.2, 0) is 49.6 Å². The van der Waals surface area contributed by atoms with Gasteiger partial charge in [0, 0.05) is 6.54 Å². The Labute approximate surface area is 234 Å². The second kappa shape index (κ2) is 14.4. The lowest BCUT2D eigenvalue weighted by Gasteiger charge is -2.29. The molecule has 17 nitrogen and oxygen atoms in total. The first-order chi connectivity index (χ1) is 19.1. The molecule has 226 valence electrons. The number of benzene rings is 1. The molecule has 1 aromatic carbocycles. The van der Waals surface area contributed by atoms with Crippen molar-refractivity contribution in [2.75, 3.05) is 13.1 Å². The number of hydrogen-bond donors (Lipinski definition) is 6. The van der Waals surface area contributed by atoms with Gasteiger partial charge < -0.3 is 35.4 Å². The molecule has 0 amide bonds. The van der Waals surface area contributed by atoms with Gasteiger partial charge in [0.05, 0.1) is 0 Å². The van der Waals surface area contributed by atoms with Gasteiger partial charge in [-0.2, -0.15) is 15.4 Å². The van der Waals surface area contributed by atoms with E-state index in [1.165, 1.54) is 20.8 Å². The Kier molecular flexibility index (Phi) is 11.5. The fourth-order valence-corrected chi connectivity index (χ4v) is 3.38. The Hall–Kier alpha value is -4.32. The van der Waals surface area contributed by atoms with Crippen molar-refractivity contribution >= 4 is 35.9 Å². The van der Waals surface area contributed by atoms with Crippen molar-refractivity contribution in [3.05, 3.63) is 35.9 Å². The third-order valence-corrected chi connectivity index (χ3v) is 5.21. The second-order valence-electron chi connectivity index (χ2n) is 9.73. The Balaban J connectivity index is 2.47. The van der Waals surface area contributed by atoms with Crippen LogP contribution in [0.3, 0.4) is 0 Å². The largest absolute Gasteiger partial charge is 0.480 e. The van der Waals surface area contributed by atoms with E-state index < -0.39 is 65.8 Å². The summed E-state index contributed by atoms with van der Waals surface area (Å²) in [6, 6.07) is 4.86. The van der Waals surface area contributed by atoms with Crippen molar-refractivity contribution in [1.82, 2.24) is 16.0 Å². The van der Waals surface area contributed by atoms with E-state index in [-0.39, 0.29) is 19.4 Å². The Bertz CT molecular complexity index is 1140. The minimum Gasteiger partial charge on any atom is -0.480 e. The van der Waals surface area contributed by atoms with Crippen LogP contribution >= 0.6 is 0 Å². The highest BCUT2D eigenvalue weighted by Gasteiger charge is 2.55. The van der Waals surface area contributed by atoms with Crippen LogP contribution in [0.1, 0.15) is 39.2 Å². The number of carbonyl (C=O) groups is 5. The van der Waals surface area contributed by atoms with Gasteiger partial charge in [-0.3, -0.25) is 14.4 Å². The number of nitrogens with zero attached hydrogens (tertiary/aromatic N) is 2. The molecule has 41 heavy (non-hydrogen) atoms. The van der Waals surface area contributed by atoms with E-state index in [2.05, 4.69) is 4.99 Å². The maximum atomic E-state index is 13.2. The summed E-state index contributed by atoms with van der Waals surface area (Å²) in [5, 5.41) is 29.3. The number of rotatable bonds is 13. The first-order valence-electron chi connectivity index (χ1n) is 12.3. The normalized spacial score (nSPS) is 18.0. The summed E-state index contributed by atoms with van der Waals surface area (Å²) >= 11 is 0. The van der Waals surface area contributed by atoms with Gasteiger partial charge in [-0.25, -0.2) is 9.59 Å². The summed E-state index contributed by atoms with van der Waals surface area (Å²) in [6.45, 7) is 3.53. The molecule has 0 bridgehead atoms. The van der Waals surface area contributed by atoms with Crippen molar-refractivity contribution in [1.29, 1.82) is 0 Å². The molecule has 1 fully saturated rings. The number of esters is 2. The predicted molar refractivity (Wildman–Crippen MR) is 136 cm³/mol. The van der Waals surface area contributed by atoms with Gasteiger partial charge in [0.25, 0.3) is 0 Å². The Morgan fingerprint density at radius 3 is 2.32 bits per heavy atom. The first kappa shape index (κ1) is 32.9. The van der Waals surface area contributed by atoms with E-state index in [0.717, 1.165) is 5.06 Å². The molecule has 2 unspecified atom stereocenters. The molecule has 1 saturated heterocycles. The van der Waals surface area contributed by atoms with Crippen molar-refractivity contribution in [2.45, 2.75) is 63.4 Å². The summed E-state index contributed by atoms with van der Waals surface area (Å²) in [6.07, 6.45) is 0.552. The monoisotopic (exact) mass is 583 g/mol. The molecule has 1 aromatic rings. The lowest BCUT2D eigenvalue weighted by atomic mass is 10.1. The third-order valence-electron chi connectivity index (χ3n) is 5.21. The number of aliphatic carboxylic acids is 3. The topological polar surface area (TPSA) is 249 Å². The number of nitrogens with two attached hydrogens (primary N) is 1. The van der Waals surface area contributed by atoms with E-state index in [9.17, 15) is 34.2 Å². The van der Waals surface area contributed by atoms with Crippen molar-refractivity contribution in [3.8, 4) is 0 Å². The zero-order valence-electron chi connectivity index (χ0n) is 22.6. The van der Waals surface area contributed by atoms with Gasteiger partial charge >= 0.3 is 41.6 Å². The van der Waals surface area contributed by atoms with Crippen molar-refractivity contribution < 1.29 is 58.5 Å². The number of hydroxylamine groups is 4. The predicted octanol–water partition coefficient (Wildman–Crippen LogP) is -0.831. The molecule has 1 aliphatic rings. The maximum Gasteiger partial charge on any atom is 0.404 e. The number of aliphatic imine (C=N–C) groups is 1. The Morgan fingerprint density at radius 2 is 1.76 bits per heavy atom. The highest BCUT2D eigenvalue weighted by molar-refractivity contribution is 6.06. The van der Waals surface area contributed by atoms with E-state index >= 15 is 0 Å². The van der Waals surface area contributed by atoms with Gasteiger partial charge in [-0.1, -0.05) is 30.3 Å². The fourth-order valence-electron chi connectivity index (χ4n) is 3.38. The summed E-state index contributed by atoms with van der Waals surface area (Å²) in [5.74, 6) is -7.76. The number of amidine groups is 1. The number of carboxylic acid groups (broad SMARTS) is 3. The molecule has 0 aliphatic carbocycles. The molecule has 17 heteroatoms. The summed E-state index contributed by atoms with van der Waals surface area (Å²) in [5.41, 5.74) is 5.75. The van der Waals surface area contributed by atoms with Crippen LogP contribution in [0.2, 0.25) is 0 Å². The van der Waals surface area contributed by atoms with Crippen molar-refractivity contribution in [3.63, 3.8) is 0 Å². The highest BCUT2D eigenvalue weighted by Crippen LogP contribution is 2.23. The average Bonchev–Trinajstić information content (AvgIpc) is 3.34. The van der Waals surface area contributed by atoms with Crippen LogP contribution in [0, 0.1) is 0 Å². The van der Waals surface area contributed by atoms with Crippen LogP contribution < -0.4 is 16.7 Å². The SMILES string of the molecule is CC(C)(C)OC(=O)C(/N=C(/NON1CCC[C@H]1C(=O)O)ONCC(=O)O)(OC(=O)C(N)Cc1ccccc1)C(=O)O. The zero-order chi connectivity index (χ0) is 30.8. The van der Waals surface area contributed by atoms with Gasteiger partial charge in [0.2, 0.25) is 0 Å². The molecule has 0 spiro atoms. The third kappa shape index (κ3) is 9.98. The maximum absolute atomic E-state index is 13.2. The van der Waals surface area contributed by atoms with Crippen LogP contribution in [0.4, 0.5) is 0 Å². The van der Waals surface area contributed by atoms with Gasteiger partial charge in [0.15, 0.2) is 0 Å². The van der Waals surface area contributed by atoms with Crippen LogP contribution in [0.15, 0.2) is 35.3 Å². The minimum absolute atomic E-state index is 0.0934. The lowest BCUT2D eigenvalue weighted by Crippen LogP contribution is -2.55. The second-order valence-corrected chi connectivity index (χ2v) is 9.73. The summed E-state index contributed by atoms with van der Waals surface area (Å²) < 4.78 is 10.2. The molecular formula is C24H33N5O12. The smallest absolute Gasteiger partial charge is 0.404 e. The van der Waals surface area contributed by atoms with Gasteiger partial charge in [-0.15, -0.1) is 10.5 Å². The van der Waals surface area contributed by atoms with E-state index in [1.807, 2.05) is 11.0 Å². The molecule has 1 heterocycles. The molecule has 1 aliphatic heterocycles. The van der Waals surface area contributed by atoms with Crippen LogP contribution in [0.25, 0.3) is 0 Å². The van der Waals surface area contributed by atoms with Crippen molar-refractivity contribution in [2.24, 2.45) is 10.7 Å². The summed E-state index contributed by atoms with van der Waals surface area (Å²) in [7, 11) is 0. The number of carbonyl (C=O) groups excluding carboxylic acids is 2. The zero-order valence-corrected chi connectivity index (χ0v) is 22.6. The standard InChI is InChI=1S/C24H33N5O12/c1-23(2,3)39-21(37)24(20(35)36,38-19(34)15(25)12-14-8-5-4-6-9-14)27-22(40-26-13-17(30)31)28-41-29-11-7-10-16(29)18(32)33/h4-6,8-9,15-16,26H,7,10-13,25H2,1-3H3,(H,27,28)(H,30,31)(H,32,33)(H,35,36)/t15?,16-,24?/m0/s1. The molecule has 2 rings (SSSR count). The quantitative estimate of drug-likeness (QED) is 0.0545. The fraction of sp³-hybridized carbons (Fsp3) is 0.500. The minimum atomic E-state index is -3.47. The van der Waals surface area contributed by atoms with Crippen LogP contribution in [-0.4, -0.2) is 92.8 Å². The molecular weight excluding hydrogens is 550 g/mol. The molecule has 7 N–H and O–H groups in total. The number of ether oxygens (including phenoxy) is 2. The molecule has 3 atom stereocenters. The average molecular weight is 584 g/mol. The van der Waals surface area contributed by atoms with Gasteiger partial charge in [-0.05, 0) is 45.6 Å². The summed E-state index contributed by atoms with van der Waals surface area (Å²) in [4.78, 5) is 74.8. The van der Waals surface area contributed by atoms with E-state index in [1.54, 1.807) is 30.3 Å². The molecule has 0 aromatic heterocycles. The van der Waals surface area contributed by atoms with E-state index in [0.29, 0.717) is 12.0 Å². The molecule has 0 saturated carbocycles. The Morgan fingerprint density at radius 1 is 1.10 bits per heavy atom. The van der Waals surface area contributed by atoms with E-state index in [4.69, 9.17) is 30.1 Å². The number of carboxylic acids is 3. The highest BCUT2D eigenvalue weighted by atomic mass is 16.8. The van der Waals surface area contributed by atoms with Crippen LogP contribution in [0.5, 0.6) is 0 Å². The van der Waals surface area contributed by atoms with Gasteiger partial charge in [0.1, 0.15) is 24.2 Å². The first-order valence-corrected chi connectivity index (χ1v) is 12.3. The number of nitrogens with one attached hydrogen (secondary N) is 2. The lowest BCUT2D eigenvalue weighted by molar-refractivity contribution is -0.212.